The fourth-order valence-electron chi connectivity index (χ4n) is 3.61. The van der Waals surface area contributed by atoms with Crippen molar-refractivity contribution in [1.82, 2.24) is 10.2 Å². The molecule has 3 aliphatic rings. The minimum absolute atomic E-state index is 0.138. The second-order valence-electron chi connectivity index (χ2n) is 5.44. The van der Waals surface area contributed by atoms with Crippen molar-refractivity contribution in [3.63, 3.8) is 0 Å². The zero-order valence-corrected chi connectivity index (χ0v) is 10.4. The van der Waals surface area contributed by atoms with E-state index in [1.165, 1.54) is 5.57 Å². The summed E-state index contributed by atoms with van der Waals surface area (Å²) in [5.41, 5.74) is 1.21. The van der Waals surface area contributed by atoms with Crippen molar-refractivity contribution < 1.29 is 4.79 Å². The van der Waals surface area contributed by atoms with Gasteiger partial charge < -0.3 is 10.2 Å². The van der Waals surface area contributed by atoms with Gasteiger partial charge in [-0.3, -0.25) is 4.79 Å². The van der Waals surface area contributed by atoms with Crippen LogP contribution < -0.4 is 5.32 Å². The number of carbonyl (C=O) groups is 1. The van der Waals surface area contributed by atoms with Gasteiger partial charge in [0.1, 0.15) is 0 Å². The van der Waals surface area contributed by atoms with Gasteiger partial charge in [-0.1, -0.05) is 18.2 Å². The fraction of sp³-hybridized carbons (Fsp3) is 0.643. The summed E-state index contributed by atoms with van der Waals surface area (Å²) in [5.74, 6) is 0.328. The third kappa shape index (κ3) is 1.48. The zero-order valence-electron chi connectivity index (χ0n) is 10.4. The number of likely N-dealkylation sites (tertiary alicyclic amines) is 1. The Balaban J connectivity index is 1.89. The first-order chi connectivity index (χ1) is 8.26. The highest BCUT2D eigenvalue weighted by atomic mass is 16.2. The fourth-order valence-corrected chi connectivity index (χ4v) is 3.61. The van der Waals surface area contributed by atoms with Gasteiger partial charge in [0.25, 0.3) is 0 Å². The first-order valence-corrected chi connectivity index (χ1v) is 6.60. The summed E-state index contributed by atoms with van der Waals surface area (Å²) in [6, 6.07) is 0.305. The van der Waals surface area contributed by atoms with E-state index < -0.39 is 0 Å². The van der Waals surface area contributed by atoms with Crippen LogP contribution in [0.3, 0.4) is 0 Å². The Hall–Kier alpha value is -1.09. The number of rotatable bonds is 1. The van der Waals surface area contributed by atoms with Crippen LogP contribution in [0.2, 0.25) is 0 Å². The summed E-state index contributed by atoms with van der Waals surface area (Å²) in [5, 5.41) is 3.40. The van der Waals surface area contributed by atoms with Crippen LogP contribution >= 0.6 is 0 Å². The van der Waals surface area contributed by atoms with Crippen molar-refractivity contribution in [2.24, 2.45) is 5.41 Å². The van der Waals surface area contributed by atoms with Gasteiger partial charge in [0.05, 0.1) is 11.5 Å². The van der Waals surface area contributed by atoms with Crippen molar-refractivity contribution in [2.45, 2.75) is 31.7 Å². The van der Waals surface area contributed by atoms with Crippen molar-refractivity contribution in [1.29, 1.82) is 0 Å². The summed E-state index contributed by atoms with van der Waals surface area (Å²) in [4.78, 5) is 14.2. The third-order valence-electron chi connectivity index (χ3n) is 4.41. The van der Waals surface area contributed by atoms with Crippen LogP contribution in [0.1, 0.15) is 25.7 Å². The average molecular weight is 232 g/mol. The lowest BCUT2D eigenvalue weighted by Gasteiger charge is -2.57. The van der Waals surface area contributed by atoms with Crippen LogP contribution in [0.25, 0.3) is 0 Å². The Morgan fingerprint density at radius 1 is 1.47 bits per heavy atom. The molecule has 1 amide bonds. The van der Waals surface area contributed by atoms with E-state index in [1.807, 2.05) is 11.9 Å². The molecule has 1 N–H and O–H groups in total. The SMILES string of the molecule is CN1C(=O)C2(CCCNC2)C1C1=CCCC=C1. The molecule has 2 unspecified atom stereocenters. The minimum Gasteiger partial charge on any atom is -0.337 e. The average Bonchev–Trinajstić information content (AvgIpc) is 2.41. The van der Waals surface area contributed by atoms with Crippen LogP contribution in [-0.4, -0.2) is 37.0 Å². The lowest BCUT2D eigenvalue weighted by Crippen LogP contribution is -2.72. The van der Waals surface area contributed by atoms with Crippen molar-refractivity contribution in [3.05, 3.63) is 23.8 Å². The molecule has 2 aliphatic heterocycles. The van der Waals surface area contributed by atoms with Gasteiger partial charge in [-0.15, -0.1) is 0 Å². The van der Waals surface area contributed by atoms with Gasteiger partial charge >= 0.3 is 0 Å². The maximum absolute atomic E-state index is 12.2. The van der Waals surface area contributed by atoms with Gasteiger partial charge in [-0.25, -0.2) is 0 Å². The number of hydrogen-bond donors (Lipinski definition) is 1. The van der Waals surface area contributed by atoms with Crippen LogP contribution in [-0.2, 0) is 4.79 Å². The maximum Gasteiger partial charge on any atom is 0.232 e. The maximum atomic E-state index is 12.2. The molecule has 2 heterocycles. The summed E-state index contributed by atoms with van der Waals surface area (Å²) in [6.07, 6.45) is 11.2. The first-order valence-electron chi connectivity index (χ1n) is 6.60. The molecule has 0 aromatic heterocycles. The highest BCUT2D eigenvalue weighted by molar-refractivity contribution is 5.92. The number of nitrogens with one attached hydrogen (secondary N) is 1. The van der Waals surface area contributed by atoms with Gasteiger partial charge in [-0.05, 0) is 37.8 Å². The van der Waals surface area contributed by atoms with E-state index in [0.717, 1.165) is 38.8 Å². The molecule has 0 aromatic rings. The number of carbonyl (C=O) groups excluding carboxylic acids is 1. The predicted octanol–water partition coefficient (Wildman–Crippen LogP) is 1.47. The number of amides is 1. The molecule has 3 nitrogen and oxygen atoms in total. The van der Waals surface area contributed by atoms with Crippen LogP contribution in [0, 0.1) is 5.41 Å². The molecule has 3 heteroatoms. The molecular weight excluding hydrogens is 212 g/mol. The molecule has 1 aliphatic carbocycles. The number of likely N-dealkylation sites (N-methyl/N-ethyl adjacent to an activating group) is 1. The largest absolute Gasteiger partial charge is 0.337 e. The minimum atomic E-state index is -0.138. The molecule has 2 atom stereocenters. The molecule has 0 radical (unpaired) electrons. The standard InChI is InChI=1S/C14H20N2O/c1-16-12(11-6-3-2-4-7-11)14(13(16)17)8-5-9-15-10-14/h3,6-7,12,15H,2,4-5,8-10H2,1H3. The normalized spacial score (nSPS) is 37.0. The summed E-state index contributed by atoms with van der Waals surface area (Å²) >= 11 is 0. The van der Waals surface area contributed by atoms with Gasteiger partial charge in [0.2, 0.25) is 5.91 Å². The summed E-state index contributed by atoms with van der Waals surface area (Å²) < 4.78 is 0. The topological polar surface area (TPSA) is 32.3 Å². The molecule has 0 aromatic carbocycles. The molecule has 2 fully saturated rings. The van der Waals surface area contributed by atoms with E-state index in [0.29, 0.717) is 11.9 Å². The first kappa shape index (κ1) is 11.0. The van der Waals surface area contributed by atoms with E-state index in [-0.39, 0.29) is 5.41 Å². The Bertz CT molecular complexity index is 391. The van der Waals surface area contributed by atoms with E-state index in [9.17, 15) is 4.79 Å². The quantitative estimate of drug-likeness (QED) is 0.694. The van der Waals surface area contributed by atoms with Crippen molar-refractivity contribution in [3.8, 4) is 0 Å². The third-order valence-corrected chi connectivity index (χ3v) is 4.41. The molecule has 17 heavy (non-hydrogen) atoms. The Labute approximate surface area is 103 Å². The van der Waals surface area contributed by atoms with Gasteiger partial charge in [-0.2, -0.15) is 0 Å². The molecule has 1 spiro atoms. The van der Waals surface area contributed by atoms with Gasteiger partial charge in [0.15, 0.2) is 0 Å². The summed E-state index contributed by atoms with van der Waals surface area (Å²) in [7, 11) is 1.94. The highest BCUT2D eigenvalue weighted by Gasteiger charge is 2.59. The Morgan fingerprint density at radius 2 is 2.35 bits per heavy atom. The monoisotopic (exact) mass is 232 g/mol. The summed E-state index contributed by atoms with van der Waals surface area (Å²) in [6.45, 7) is 1.91. The van der Waals surface area contributed by atoms with Crippen LogP contribution in [0.4, 0.5) is 0 Å². The Morgan fingerprint density at radius 3 is 3.00 bits per heavy atom. The van der Waals surface area contributed by atoms with E-state index >= 15 is 0 Å². The second kappa shape index (κ2) is 3.98. The number of piperidine rings is 1. The second-order valence-corrected chi connectivity index (χ2v) is 5.44. The smallest absolute Gasteiger partial charge is 0.232 e. The molecule has 2 saturated heterocycles. The van der Waals surface area contributed by atoms with E-state index in [4.69, 9.17) is 0 Å². The predicted molar refractivity (Wildman–Crippen MR) is 67.6 cm³/mol. The van der Waals surface area contributed by atoms with E-state index in [2.05, 4.69) is 23.5 Å². The van der Waals surface area contributed by atoms with Crippen LogP contribution in [0.5, 0.6) is 0 Å². The molecule has 0 bridgehead atoms. The van der Waals surface area contributed by atoms with Gasteiger partial charge in [0, 0.05) is 13.6 Å². The molecule has 3 rings (SSSR count). The number of β-lactam (4-membered cyclic amide) rings is 1. The molecule has 92 valence electrons. The number of hydrogen-bond acceptors (Lipinski definition) is 2. The van der Waals surface area contributed by atoms with E-state index in [1.54, 1.807) is 0 Å². The lowest BCUT2D eigenvalue weighted by atomic mass is 9.63. The number of nitrogens with zero attached hydrogens (tertiary/aromatic N) is 1. The number of allylic oxidation sites excluding steroid dienone is 2. The zero-order chi connectivity index (χ0) is 11.9. The lowest BCUT2D eigenvalue weighted by molar-refractivity contribution is -0.167. The highest BCUT2D eigenvalue weighted by Crippen LogP contribution is 2.47. The molecule has 0 saturated carbocycles. The van der Waals surface area contributed by atoms with Crippen molar-refractivity contribution in [2.75, 3.05) is 20.1 Å². The van der Waals surface area contributed by atoms with Crippen molar-refractivity contribution >= 4 is 5.91 Å². The van der Waals surface area contributed by atoms with Crippen LogP contribution in [0.15, 0.2) is 23.8 Å². The Kier molecular flexibility index (Phi) is 2.58. The molecular formula is C14H20N2O.